The summed E-state index contributed by atoms with van der Waals surface area (Å²) in [6.45, 7) is 26.3. The summed E-state index contributed by atoms with van der Waals surface area (Å²) in [6, 6.07) is 14.8. The van der Waals surface area contributed by atoms with Crippen LogP contribution in [0.25, 0.3) is 16.9 Å². The Balaban J connectivity index is 0.00000182. The van der Waals surface area contributed by atoms with Crippen molar-refractivity contribution in [3.8, 4) is 0 Å². The average molecular weight is 1640 g/mol. The van der Waals surface area contributed by atoms with Crippen LogP contribution in [-0.2, 0) is 42.2 Å². The number of allylic oxidation sites excluding steroid dienone is 2. The quantitative estimate of drug-likeness (QED) is 0.0273. The van der Waals surface area contributed by atoms with Crippen LogP contribution in [0, 0.1) is 13.8 Å². The van der Waals surface area contributed by atoms with Crippen molar-refractivity contribution in [1.82, 2.24) is 0 Å². The van der Waals surface area contributed by atoms with Crippen LogP contribution < -0.4 is 0 Å². The van der Waals surface area contributed by atoms with Crippen molar-refractivity contribution in [3.05, 3.63) is 100 Å². The fourth-order valence-corrected chi connectivity index (χ4v) is 17.9. The number of hydrogen-bond acceptors (Lipinski definition) is 0. The van der Waals surface area contributed by atoms with Crippen molar-refractivity contribution in [2.45, 2.75) is 608 Å². The fraction of sp³-hybridized carbons (Fsp3) is 0.839. The SMILES string of the molecule is CCCCCCCCC1=C(c2cc(CCCC)cc(CCCC)c2)[N+](=[N-])C(c2cc(CCCCCCCC)cc(CCCCCCCC)c2)=C1CCCC.[CH2-]CCCCCCCCCCCCCCCCCCCCCCCCCCCCC.[CH2-]CCCCCCCCCCCCCCCCCCCCCCCCCCCCC.[Ni+2]. The van der Waals surface area contributed by atoms with E-state index in [1.165, 1.54) is 533 Å². The molecule has 2 nitrogen and oxygen atoms in total. The zero-order valence-electron chi connectivity index (χ0n) is 79.9. The summed E-state index contributed by atoms with van der Waals surface area (Å²) < 4.78 is 1.69. The second-order valence-electron chi connectivity index (χ2n) is 37.0. The molecular weight excluding hydrogens is 1430 g/mol. The Bertz CT molecular complexity index is 2200. The maximum absolute atomic E-state index is 12.7. The van der Waals surface area contributed by atoms with Gasteiger partial charge in [-0.2, -0.15) is 12.8 Å². The van der Waals surface area contributed by atoms with Gasteiger partial charge in [-0.25, -0.2) is 4.70 Å². The molecule has 3 heteroatoms. The van der Waals surface area contributed by atoms with E-state index in [0.717, 1.165) is 75.6 Å². The first-order chi connectivity index (χ1) is 56.3. The Morgan fingerprint density at radius 2 is 0.322 bits per heavy atom. The van der Waals surface area contributed by atoms with E-state index in [0.29, 0.717) is 0 Å². The normalized spacial score (nSPS) is 12.2. The molecular formula is C112H206N2Ni. The molecule has 0 N–H and O–H groups in total. The third kappa shape index (κ3) is 69.2. The van der Waals surface area contributed by atoms with Gasteiger partial charge in [-0.1, -0.05) is 530 Å². The Morgan fingerprint density at radius 1 is 0.183 bits per heavy atom. The van der Waals surface area contributed by atoms with Crippen molar-refractivity contribution in [2.24, 2.45) is 0 Å². The zero-order chi connectivity index (χ0) is 82.4. The van der Waals surface area contributed by atoms with Crippen LogP contribution in [-0.4, -0.2) is 4.70 Å². The minimum atomic E-state index is 0. The van der Waals surface area contributed by atoms with E-state index in [2.05, 4.69) is 106 Å². The van der Waals surface area contributed by atoms with Crippen molar-refractivity contribution >= 4 is 11.4 Å². The number of benzene rings is 2. The van der Waals surface area contributed by atoms with Gasteiger partial charge in [-0.15, -0.1) is 0 Å². The second-order valence-corrected chi connectivity index (χ2v) is 37.0. The summed E-state index contributed by atoms with van der Waals surface area (Å²) in [4.78, 5) is 0. The first-order valence-electron chi connectivity index (χ1n) is 53.1. The van der Waals surface area contributed by atoms with Crippen LogP contribution in [0.15, 0.2) is 47.5 Å². The molecule has 1 aliphatic rings. The third-order valence-electron chi connectivity index (χ3n) is 25.6. The summed E-state index contributed by atoms with van der Waals surface area (Å²) >= 11 is 0. The Hall–Kier alpha value is -1.99. The van der Waals surface area contributed by atoms with E-state index < -0.39 is 0 Å². The van der Waals surface area contributed by atoms with Gasteiger partial charge in [0.2, 0.25) is 11.4 Å². The number of rotatable bonds is 86. The van der Waals surface area contributed by atoms with Crippen molar-refractivity contribution in [1.29, 1.82) is 0 Å². The third-order valence-corrected chi connectivity index (χ3v) is 25.6. The molecule has 0 amide bonds. The van der Waals surface area contributed by atoms with E-state index in [1.54, 1.807) is 4.70 Å². The number of aryl methyl sites for hydroxylation is 4. The van der Waals surface area contributed by atoms with Crippen LogP contribution in [0.2, 0.25) is 0 Å². The Kier molecular flexibility index (Phi) is 89.6. The van der Waals surface area contributed by atoms with E-state index >= 15 is 0 Å². The number of nitrogens with zero attached hydrogens (tertiary/aromatic N) is 2. The molecule has 0 saturated heterocycles. The van der Waals surface area contributed by atoms with E-state index in [1.807, 2.05) is 0 Å². The van der Waals surface area contributed by atoms with Crippen LogP contribution in [0.3, 0.4) is 0 Å². The first-order valence-corrected chi connectivity index (χ1v) is 53.1. The summed E-state index contributed by atoms with van der Waals surface area (Å²) in [5, 5.41) is 0. The summed E-state index contributed by atoms with van der Waals surface area (Å²) in [7, 11) is 0. The van der Waals surface area contributed by atoms with E-state index in [-0.39, 0.29) is 16.5 Å². The molecule has 0 aliphatic carbocycles. The molecule has 674 valence electrons. The fourth-order valence-electron chi connectivity index (χ4n) is 17.9. The summed E-state index contributed by atoms with van der Waals surface area (Å²) in [6.07, 6.45) is 119. The predicted molar refractivity (Wildman–Crippen MR) is 520 cm³/mol. The van der Waals surface area contributed by atoms with Crippen LogP contribution >= 0.6 is 0 Å². The van der Waals surface area contributed by atoms with E-state index in [9.17, 15) is 5.53 Å². The molecule has 0 fully saturated rings. The smallest absolute Gasteiger partial charge is 0.493 e. The molecule has 1 heterocycles. The van der Waals surface area contributed by atoms with Gasteiger partial charge >= 0.3 is 16.5 Å². The maximum atomic E-state index is 12.7. The standard InChI is InChI=1S/C52H84N2.2C30H61.Ni/c1-7-13-19-22-25-28-33-45-38-46(34-29-26-23-20-14-8-2)42-48(41-45)51-49(35-18-12-6)50(36-30-27-24-21-15-9-3)52(54(51)53)47-39-43(31-16-10-4)37-44(40-47)32-17-11-5;2*1-3-5-7-9-11-13-15-17-19-21-23-25-27-29-30-28-26-24-22-20-18-16-14-12-10-8-6-4-2;/h37-42H,7-36H2,1-6H3;2*1,3-30H2,2H3;/q;2*-1;+2. The van der Waals surface area contributed by atoms with Gasteiger partial charge < -0.3 is 19.4 Å². The molecule has 115 heavy (non-hydrogen) atoms. The monoisotopic (exact) mass is 1640 g/mol. The van der Waals surface area contributed by atoms with Gasteiger partial charge in [0.15, 0.2) is 0 Å². The molecule has 0 atom stereocenters. The molecule has 0 radical (unpaired) electrons. The largest absolute Gasteiger partial charge is 2.00 e. The topological polar surface area (TPSA) is 25.3 Å². The minimum Gasteiger partial charge on any atom is -0.493 e. The van der Waals surface area contributed by atoms with Gasteiger partial charge in [0.1, 0.15) is 0 Å². The Labute approximate surface area is 735 Å². The van der Waals surface area contributed by atoms with Crippen molar-refractivity contribution in [3.63, 3.8) is 0 Å². The second kappa shape index (κ2) is 91.2. The minimum absolute atomic E-state index is 0. The van der Waals surface area contributed by atoms with Gasteiger partial charge in [0, 0.05) is 22.3 Å². The molecule has 2 aromatic rings. The maximum Gasteiger partial charge on any atom is 2.00 e. The molecule has 0 unspecified atom stereocenters. The van der Waals surface area contributed by atoms with Crippen molar-refractivity contribution in [2.75, 3.05) is 0 Å². The number of unbranched alkanes of at least 4 members (excludes halogenated alkanes) is 72. The number of hydrogen-bond donors (Lipinski definition) is 0. The molecule has 0 bridgehead atoms. The summed E-state index contributed by atoms with van der Waals surface area (Å²) in [5.74, 6) is 0. The average Bonchev–Trinajstić information content (AvgIpc) is 1.60. The van der Waals surface area contributed by atoms with E-state index in [4.69, 9.17) is 0 Å². The van der Waals surface area contributed by atoms with Crippen LogP contribution in [0.1, 0.15) is 615 Å². The predicted octanol–water partition coefficient (Wildman–Crippen LogP) is 40.8. The molecule has 0 spiro atoms. The first kappa shape index (κ1) is 113. The van der Waals surface area contributed by atoms with Gasteiger partial charge in [0.05, 0.1) is 0 Å². The van der Waals surface area contributed by atoms with Gasteiger partial charge in [-0.3, -0.25) is 0 Å². The summed E-state index contributed by atoms with van der Waals surface area (Å²) in [5.41, 5.74) is 26.0. The van der Waals surface area contributed by atoms with Crippen molar-refractivity contribution < 1.29 is 21.2 Å². The molecule has 3 rings (SSSR count). The van der Waals surface area contributed by atoms with Crippen LogP contribution in [0.4, 0.5) is 0 Å². The zero-order valence-corrected chi connectivity index (χ0v) is 80.9. The Morgan fingerprint density at radius 3 is 0.504 bits per heavy atom. The molecule has 0 aromatic heterocycles. The molecule has 0 saturated carbocycles. The molecule has 1 aliphatic heterocycles. The van der Waals surface area contributed by atoms with Gasteiger partial charge in [-0.05, 0) is 124 Å². The van der Waals surface area contributed by atoms with Gasteiger partial charge in [0.25, 0.3) is 0 Å². The van der Waals surface area contributed by atoms with Crippen LogP contribution in [0.5, 0.6) is 0 Å². The molecule has 2 aromatic carbocycles.